The highest BCUT2D eigenvalue weighted by Crippen LogP contribution is 2.42. The molecule has 0 bridgehead atoms. The number of allylic oxidation sites excluding steroid dienone is 3. The average molecular weight is 620 g/mol. The van der Waals surface area contributed by atoms with E-state index in [0.717, 1.165) is 29.6 Å². The highest BCUT2D eigenvalue weighted by molar-refractivity contribution is 8.76. The topological polar surface area (TPSA) is 113 Å². The molecule has 1 unspecified atom stereocenters. The molecule has 41 heavy (non-hydrogen) atoms. The Bertz CT molecular complexity index is 1450. The quantitative estimate of drug-likeness (QED) is 0.128. The second-order valence-corrected chi connectivity index (χ2v) is 12.7. The molecule has 0 fully saturated rings. The first-order chi connectivity index (χ1) is 19.8. The molecule has 2 aliphatic heterocycles. The van der Waals surface area contributed by atoms with E-state index >= 15 is 0 Å². The normalized spacial score (nSPS) is 19.7. The minimum atomic E-state index is -1.79. The number of cyclic esters (lactones) is 1. The van der Waals surface area contributed by atoms with Gasteiger partial charge in [-0.3, -0.25) is 4.79 Å². The van der Waals surface area contributed by atoms with E-state index in [-0.39, 0.29) is 31.8 Å². The van der Waals surface area contributed by atoms with Crippen molar-refractivity contribution in [1.29, 1.82) is 0 Å². The summed E-state index contributed by atoms with van der Waals surface area (Å²) < 4.78 is 22.9. The van der Waals surface area contributed by atoms with Gasteiger partial charge in [-0.2, -0.15) is 0 Å². The second kappa shape index (κ2) is 13.1. The molecule has 1 N–H and O–H groups in total. The molecule has 1 aromatic heterocycles. The molecule has 218 valence electrons. The summed E-state index contributed by atoms with van der Waals surface area (Å²) in [6, 6.07) is 10.0. The maximum absolute atomic E-state index is 13.7. The smallest absolute Gasteiger partial charge is 0.457 e. The van der Waals surface area contributed by atoms with Gasteiger partial charge in [-0.25, -0.2) is 9.59 Å². The third-order valence-electron chi connectivity index (χ3n) is 7.26. The van der Waals surface area contributed by atoms with Crippen LogP contribution in [0.4, 0.5) is 4.79 Å². The maximum atomic E-state index is 13.7. The molecule has 3 heterocycles. The Morgan fingerprint density at radius 2 is 2.00 bits per heavy atom. The number of aryl methyl sites for hydroxylation is 1. The van der Waals surface area contributed by atoms with Crippen LogP contribution in [0.2, 0.25) is 0 Å². The van der Waals surface area contributed by atoms with Gasteiger partial charge in [0, 0.05) is 17.1 Å². The van der Waals surface area contributed by atoms with Crippen molar-refractivity contribution in [3.8, 4) is 0 Å². The van der Waals surface area contributed by atoms with E-state index in [1.54, 1.807) is 17.6 Å². The summed E-state index contributed by atoms with van der Waals surface area (Å²) in [4.78, 5) is 39.6. The second-order valence-electron chi connectivity index (χ2n) is 9.60. The Balaban J connectivity index is 1.35. The van der Waals surface area contributed by atoms with Gasteiger partial charge in [0.2, 0.25) is 11.4 Å². The highest BCUT2D eigenvalue weighted by atomic mass is 35.5. The summed E-state index contributed by atoms with van der Waals surface area (Å²) in [5.74, 6) is -1.01. The van der Waals surface area contributed by atoms with Gasteiger partial charge in [-0.15, -0.1) is 0 Å². The zero-order valence-corrected chi connectivity index (χ0v) is 24.8. The number of hydrogen-bond donors (Lipinski definition) is 1. The van der Waals surface area contributed by atoms with Crippen molar-refractivity contribution in [1.82, 2.24) is 4.57 Å². The fraction of sp³-hybridized carbons (Fsp3) is 0.414. The molecule has 9 nitrogen and oxygen atoms in total. The fourth-order valence-corrected chi connectivity index (χ4v) is 7.06. The number of rotatable bonds is 10. The van der Waals surface area contributed by atoms with Gasteiger partial charge in [0.15, 0.2) is 0 Å². The van der Waals surface area contributed by atoms with Crippen LogP contribution in [-0.4, -0.2) is 52.3 Å². The molecule has 0 spiro atoms. The zero-order chi connectivity index (χ0) is 29.0. The number of esters is 1. The van der Waals surface area contributed by atoms with Gasteiger partial charge in [0.1, 0.15) is 13.2 Å². The van der Waals surface area contributed by atoms with E-state index in [1.165, 1.54) is 27.2 Å². The molecular weight excluding hydrogens is 590 g/mol. The Kier molecular flexibility index (Phi) is 9.50. The van der Waals surface area contributed by atoms with Gasteiger partial charge in [0.05, 0.1) is 24.4 Å². The minimum absolute atomic E-state index is 0.0482. The summed E-state index contributed by atoms with van der Waals surface area (Å²) in [6.07, 6.45) is 4.99. The van der Waals surface area contributed by atoms with Crippen LogP contribution in [0.1, 0.15) is 47.7 Å². The predicted molar refractivity (Wildman–Crippen MR) is 158 cm³/mol. The SMILES string of the molecule is CC[C@@]1(OC(=O)OCCSSCCOC(O)Cl)C(=O)OCc2c1cc1n(c2=O)CC2=Cc3ccccc3CCC=C21. The zero-order valence-electron chi connectivity index (χ0n) is 22.4. The Hall–Kier alpha value is -2.70. The Morgan fingerprint density at radius 1 is 1.22 bits per heavy atom. The van der Waals surface area contributed by atoms with E-state index in [4.69, 9.17) is 35.7 Å². The van der Waals surface area contributed by atoms with Crippen LogP contribution in [0.5, 0.6) is 0 Å². The molecule has 12 heteroatoms. The van der Waals surface area contributed by atoms with Crippen molar-refractivity contribution in [2.75, 3.05) is 24.7 Å². The van der Waals surface area contributed by atoms with Gasteiger partial charge in [-0.05, 0) is 53.7 Å². The van der Waals surface area contributed by atoms with Crippen LogP contribution < -0.4 is 5.56 Å². The van der Waals surface area contributed by atoms with Gasteiger partial charge < -0.3 is 28.6 Å². The first-order valence-electron chi connectivity index (χ1n) is 13.3. The largest absolute Gasteiger partial charge is 0.509 e. The van der Waals surface area contributed by atoms with Crippen molar-refractivity contribution in [3.05, 3.63) is 80.3 Å². The number of aliphatic hydroxyl groups excluding tert-OH is 1. The number of nitrogens with zero attached hydrogens (tertiary/aromatic N) is 1. The van der Waals surface area contributed by atoms with Crippen molar-refractivity contribution in [3.63, 3.8) is 0 Å². The number of aliphatic hydroxyl groups is 1. The molecule has 0 saturated carbocycles. The van der Waals surface area contributed by atoms with Crippen LogP contribution in [-0.2, 0) is 48.9 Å². The van der Waals surface area contributed by atoms with Gasteiger partial charge in [-0.1, -0.05) is 70.5 Å². The number of halogens is 1. The molecule has 3 aliphatic rings. The van der Waals surface area contributed by atoms with E-state index in [2.05, 4.69) is 24.3 Å². The molecule has 1 aliphatic carbocycles. The first kappa shape index (κ1) is 29.8. The van der Waals surface area contributed by atoms with Crippen LogP contribution in [0.15, 0.2) is 46.8 Å². The molecule has 1 aromatic carbocycles. The average Bonchev–Trinajstić information content (AvgIpc) is 3.27. The molecule has 2 aromatic rings. The number of aromatic nitrogens is 1. The summed E-state index contributed by atoms with van der Waals surface area (Å²) >= 11 is 5.31. The third kappa shape index (κ3) is 6.24. The number of hydrogen-bond acceptors (Lipinski definition) is 10. The summed E-state index contributed by atoms with van der Waals surface area (Å²) in [6.45, 7) is 2.25. The minimum Gasteiger partial charge on any atom is -0.457 e. The predicted octanol–water partition coefficient (Wildman–Crippen LogP) is 5.00. The van der Waals surface area contributed by atoms with Crippen molar-refractivity contribution >= 4 is 57.0 Å². The number of carbonyl (C=O) groups excluding carboxylic acids is 2. The van der Waals surface area contributed by atoms with Crippen molar-refractivity contribution in [2.45, 2.75) is 50.7 Å². The summed E-state index contributed by atoms with van der Waals surface area (Å²) in [5, 5.41) is 8.88. The van der Waals surface area contributed by atoms with Crippen LogP contribution >= 0.6 is 33.2 Å². The highest BCUT2D eigenvalue weighted by Gasteiger charge is 2.51. The summed E-state index contributed by atoms with van der Waals surface area (Å²) in [5.41, 5.74) is 3.65. The number of ether oxygens (including phenoxy) is 4. The number of pyridine rings is 1. The van der Waals surface area contributed by atoms with Crippen LogP contribution in [0.3, 0.4) is 0 Å². The van der Waals surface area contributed by atoms with Crippen LogP contribution in [0.25, 0.3) is 11.6 Å². The lowest BCUT2D eigenvalue weighted by atomic mass is 9.85. The fourth-order valence-electron chi connectivity index (χ4n) is 5.31. The standard InChI is InChI=1S/C29H30ClNO8S2/c1-2-29(39-28(35)37-11-13-41-40-12-10-36-27(30)34)23-15-24-21-9-5-8-18-6-3-4-7-19(18)14-20(21)16-31(24)25(32)22(23)17-38-26(29)33/h3-4,6-7,9,14-15,27,34H,2,5,8,10-13,16-17H2,1H3/t27?,29-/m0/s1. The lowest BCUT2D eigenvalue weighted by Gasteiger charge is -2.35. The third-order valence-corrected chi connectivity index (χ3v) is 9.72. The maximum Gasteiger partial charge on any atom is 0.509 e. The van der Waals surface area contributed by atoms with Crippen molar-refractivity contribution < 1.29 is 33.6 Å². The van der Waals surface area contributed by atoms with E-state index in [1.807, 2.05) is 12.1 Å². The lowest BCUT2D eigenvalue weighted by Crippen LogP contribution is -2.47. The number of carbonyl (C=O) groups is 2. The summed E-state index contributed by atoms with van der Waals surface area (Å²) in [7, 11) is 2.91. The molecule has 5 rings (SSSR count). The number of alkyl halides is 1. The lowest BCUT2D eigenvalue weighted by molar-refractivity contribution is -0.175. The molecule has 0 saturated heterocycles. The van der Waals surface area contributed by atoms with Gasteiger partial charge in [0.25, 0.3) is 5.56 Å². The number of fused-ring (bicyclic) bond motifs is 5. The van der Waals surface area contributed by atoms with Crippen LogP contribution in [0, 0.1) is 0 Å². The molecular formula is C29H30ClNO8S2. The van der Waals surface area contributed by atoms with E-state index < -0.39 is 23.5 Å². The Labute approximate surface area is 250 Å². The molecule has 2 atom stereocenters. The van der Waals surface area contributed by atoms with Crippen molar-refractivity contribution in [2.24, 2.45) is 0 Å². The van der Waals surface area contributed by atoms with E-state index in [0.29, 0.717) is 34.9 Å². The molecule has 0 radical (unpaired) electrons. The Morgan fingerprint density at radius 3 is 2.78 bits per heavy atom. The first-order valence-corrected chi connectivity index (χ1v) is 16.2. The molecule has 0 amide bonds. The monoisotopic (exact) mass is 619 g/mol. The van der Waals surface area contributed by atoms with E-state index in [9.17, 15) is 14.4 Å². The number of benzene rings is 1. The van der Waals surface area contributed by atoms with Gasteiger partial charge >= 0.3 is 12.1 Å².